The number of amides is 1. The standard InChI is InChI=1S/C19H24ClNO3/c1-3-4-5-6-11-21-19(22)18-10-8-16(24-18)13-23-17-9-7-15(20)12-14(17)2/h7-10,12H,3-6,11,13H2,1-2H3,(H,21,22). The van der Waals surface area contributed by atoms with Crippen molar-refractivity contribution in [2.75, 3.05) is 6.54 Å². The molecule has 0 bridgehead atoms. The summed E-state index contributed by atoms with van der Waals surface area (Å²) >= 11 is 5.92. The molecule has 0 aliphatic rings. The van der Waals surface area contributed by atoms with Gasteiger partial charge in [0.05, 0.1) is 0 Å². The summed E-state index contributed by atoms with van der Waals surface area (Å²) in [6, 6.07) is 8.89. The molecule has 1 aromatic heterocycles. The molecule has 0 unspecified atom stereocenters. The summed E-state index contributed by atoms with van der Waals surface area (Å²) in [5.74, 6) is 1.50. The highest BCUT2D eigenvalue weighted by Crippen LogP contribution is 2.23. The summed E-state index contributed by atoms with van der Waals surface area (Å²) in [6.07, 6.45) is 4.51. The van der Waals surface area contributed by atoms with Gasteiger partial charge in [-0.05, 0) is 49.2 Å². The lowest BCUT2D eigenvalue weighted by atomic mass is 10.2. The molecule has 0 saturated carbocycles. The van der Waals surface area contributed by atoms with Crippen LogP contribution in [0, 0.1) is 6.92 Å². The molecule has 2 rings (SSSR count). The average molecular weight is 350 g/mol. The fourth-order valence-corrected chi connectivity index (χ4v) is 2.57. The number of hydrogen-bond donors (Lipinski definition) is 1. The Kier molecular flexibility index (Phi) is 7.19. The van der Waals surface area contributed by atoms with E-state index in [-0.39, 0.29) is 12.5 Å². The summed E-state index contributed by atoms with van der Waals surface area (Å²) in [5.41, 5.74) is 0.958. The summed E-state index contributed by atoms with van der Waals surface area (Å²) < 4.78 is 11.3. The number of carbonyl (C=O) groups is 1. The van der Waals surface area contributed by atoms with Gasteiger partial charge >= 0.3 is 0 Å². The lowest BCUT2D eigenvalue weighted by Crippen LogP contribution is -2.23. The van der Waals surface area contributed by atoms with Gasteiger partial charge in [0.2, 0.25) is 0 Å². The van der Waals surface area contributed by atoms with Crippen molar-refractivity contribution in [1.82, 2.24) is 5.32 Å². The monoisotopic (exact) mass is 349 g/mol. The van der Waals surface area contributed by atoms with Gasteiger partial charge in [-0.25, -0.2) is 0 Å². The zero-order valence-corrected chi connectivity index (χ0v) is 15.0. The number of nitrogens with one attached hydrogen (secondary N) is 1. The normalized spacial score (nSPS) is 10.6. The second-order valence-electron chi connectivity index (χ2n) is 5.78. The second kappa shape index (κ2) is 9.38. The van der Waals surface area contributed by atoms with Crippen molar-refractivity contribution in [3.8, 4) is 5.75 Å². The molecule has 1 heterocycles. The molecule has 0 fully saturated rings. The maximum Gasteiger partial charge on any atom is 0.286 e. The van der Waals surface area contributed by atoms with Crippen molar-refractivity contribution in [2.24, 2.45) is 0 Å². The van der Waals surface area contributed by atoms with Crippen LogP contribution in [0.3, 0.4) is 0 Å². The van der Waals surface area contributed by atoms with Crippen LogP contribution in [0.25, 0.3) is 0 Å². The van der Waals surface area contributed by atoms with Crippen molar-refractivity contribution in [3.63, 3.8) is 0 Å². The fraction of sp³-hybridized carbons (Fsp3) is 0.421. The zero-order valence-electron chi connectivity index (χ0n) is 14.2. The van der Waals surface area contributed by atoms with Gasteiger partial charge < -0.3 is 14.5 Å². The van der Waals surface area contributed by atoms with Crippen LogP contribution >= 0.6 is 11.6 Å². The minimum atomic E-state index is -0.180. The van der Waals surface area contributed by atoms with Gasteiger partial charge in [-0.2, -0.15) is 0 Å². The highest BCUT2D eigenvalue weighted by Gasteiger charge is 2.11. The van der Waals surface area contributed by atoms with Crippen LogP contribution in [0.1, 0.15) is 54.5 Å². The molecule has 1 amide bonds. The average Bonchev–Trinajstić information content (AvgIpc) is 3.03. The van der Waals surface area contributed by atoms with Crippen molar-refractivity contribution in [1.29, 1.82) is 0 Å². The van der Waals surface area contributed by atoms with E-state index in [1.54, 1.807) is 18.2 Å². The number of halogens is 1. The van der Waals surface area contributed by atoms with E-state index in [1.807, 2.05) is 19.1 Å². The Bertz CT molecular complexity index is 666. The minimum Gasteiger partial charge on any atom is -0.485 e. The van der Waals surface area contributed by atoms with E-state index < -0.39 is 0 Å². The first-order chi connectivity index (χ1) is 11.6. The molecule has 1 aromatic carbocycles. The van der Waals surface area contributed by atoms with Crippen LogP contribution in [0.4, 0.5) is 0 Å². The van der Waals surface area contributed by atoms with Crippen molar-refractivity contribution in [3.05, 3.63) is 52.4 Å². The molecule has 0 aliphatic heterocycles. The topological polar surface area (TPSA) is 51.5 Å². The summed E-state index contributed by atoms with van der Waals surface area (Å²) in [7, 11) is 0. The van der Waals surface area contributed by atoms with Gasteiger partial charge in [0, 0.05) is 11.6 Å². The number of ether oxygens (including phenoxy) is 1. The minimum absolute atomic E-state index is 0.180. The van der Waals surface area contributed by atoms with E-state index >= 15 is 0 Å². The Morgan fingerprint density at radius 3 is 2.79 bits per heavy atom. The smallest absolute Gasteiger partial charge is 0.286 e. The molecule has 5 heteroatoms. The highest BCUT2D eigenvalue weighted by atomic mass is 35.5. The van der Waals surface area contributed by atoms with E-state index in [2.05, 4.69) is 12.2 Å². The van der Waals surface area contributed by atoms with E-state index in [9.17, 15) is 4.79 Å². The van der Waals surface area contributed by atoms with Gasteiger partial charge in [0.25, 0.3) is 5.91 Å². The molecule has 0 spiro atoms. The van der Waals surface area contributed by atoms with Crippen LogP contribution in [0.2, 0.25) is 5.02 Å². The molecular weight excluding hydrogens is 326 g/mol. The third-order valence-corrected chi connectivity index (χ3v) is 3.94. The molecule has 1 N–H and O–H groups in total. The van der Waals surface area contributed by atoms with Gasteiger partial charge in [0.1, 0.15) is 18.1 Å². The van der Waals surface area contributed by atoms with E-state index in [4.69, 9.17) is 20.8 Å². The number of hydrogen-bond acceptors (Lipinski definition) is 3. The third kappa shape index (κ3) is 5.60. The molecular formula is C19H24ClNO3. The largest absolute Gasteiger partial charge is 0.485 e. The van der Waals surface area contributed by atoms with Crippen LogP contribution in [-0.4, -0.2) is 12.5 Å². The highest BCUT2D eigenvalue weighted by molar-refractivity contribution is 6.30. The van der Waals surface area contributed by atoms with Crippen LogP contribution in [-0.2, 0) is 6.61 Å². The molecule has 0 atom stereocenters. The number of aryl methyl sites for hydroxylation is 1. The summed E-state index contributed by atoms with van der Waals surface area (Å²) in [6.45, 7) is 5.04. The Balaban J connectivity index is 1.81. The Labute approximate surface area is 148 Å². The number of unbranched alkanes of at least 4 members (excludes halogenated alkanes) is 3. The number of rotatable bonds is 9. The Morgan fingerprint density at radius 2 is 2.04 bits per heavy atom. The molecule has 4 nitrogen and oxygen atoms in total. The predicted molar refractivity (Wildman–Crippen MR) is 95.7 cm³/mol. The van der Waals surface area contributed by atoms with Crippen LogP contribution < -0.4 is 10.1 Å². The molecule has 2 aromatic rings. The first kappa shape index (κ1) is 18.4. The first-order valence-electron chi connectivity index (χ1n) is 8.36. The van der Waals surface area contributed by atoms with Crippen LogP contribution in [0.5, 0.6) is 5.75 Å². The maximum absolute atomic E-state index is 12.0. The Hall–Kier alpha value is -1.94. The van der Waals surface area contributed by atoms with Crippen LogP contribution in [0.15, 0.2) is 34.7 Å². The summed E-state index contributed by atoms with van der Waals surface area (Å²) in [4.78, 5) is 12.0. The van der Waals surface area contributed by atoms with Gasteiger partial charge in [-0.15, -0.1) is 0 Å². The quantitative estimate of drug-likeness (QED) is 0.638. The maximum atomic E-state index is 12.0. The zero-order chi connectivity index (χ0) is 17.4. The molecule has 0 radical (unpaired) electrons. The van der Waals surface area contributed by atoms with Crippen molar-refractivity contribution >= 4 is 17.5 Å². The lowest BCUT2D eigenvalue weighted by Gasteiger charge is -2.07. The SMILES string of the molecule is CCCCCCNC(=O)c1ccc(COc2ccc(Cl)cc2C)o1. The molecule has 130 valence electrons. The third-order valence-electron chi connectivity index (χ3n) is 3.71. The van der Waals surface area contributed by atoms with Gasteiger partial charge in [0.15, 0.2) is 5.76 Å². The van der Waals surface area contributed by atoms with Crippen molar-refractivity contribution in [2.45, 2.75) is 46.1 Å². The molecule has 0 aliphatic carbocycles. The number of benzene rings is 1. The predicted octanol–water partition coefficient (Wildman–Crippen LogP) is 5.13. The number of carbonyl (C=O) groups excluding carboxylic acids is 1. The summed E-state index contributed by atoms with van der Waals surface area (Å²) in [5, 5.41) is 3.55. The first-order valence-corrected chi connectivity index (χ1v) is 8.74. The number of furan rings is 1. The van der Waals surface area contributed by atoms with Gasteiger partial charge in [-0.3, -0.25) is 4.79 Å². The van der Waals surface area contributed by atoms with E-state index in [0.717, 1.165) is 24.2 Å². The molecule has 0 saturated heterocycles. The second-order valence-corrected chi connectivity index (χ2v) is 6.22. The Morgan fingerprint density at radius 1 is 1.21 bits per heavy atom. The van der Waals surface area contributed by atoms with Gasteiger partial charge in [-0.1, -0.05) is 37.8 Å². The van der Waals surface area contributed by atoms with Crippen molar-refractivity contribution < 1.29 is 13.9 Å². The van der Waals surface area contributed by atoms with E-state index in [0.29, 0.717) is 23.1 Å². The lowest BCUT2D eigenvalue weighted by molar-refractivity contribution is 0.0921. The fourth-order valence-electron chi connectivity index (χ4n) is 2.34. The van der Waals surface area contributed by atoms with E-state index in [1.165, 1.54) is 12.8 Å². The molecule has 24 heavy (non-hydrogen) atoms.